The number of carboxylic acids is 1. The zero-order valence-electron chi connectivity index (χ0n) is 37.8. The van der Waals surface area contributed by atoms with Crippen LogP contribution in [0.15, 0.2) is 23.7 Å². The number of imide groups is 1. The summed E-state index contributed by atoms with van der Waals surface area (Å²) in [6.45, 7) is -2.14. The Hall–Kier alpha value is -4.00. The summed E-state index contributed by atoms with van der Waals surface area (Å²) in [4.78, 5) is 113. The average Bonchev–Trinajstić information content (AvgIpc) is 3.61. The molecule has 400 valence electrons. The number of nitrogens with one attached hydrogen (secondary N) is 3. The number of hydrogen-bond donors (Lipinski definition) is 14. The van der Waals surface area contributed by atoms with Gasteiger partial charge in [-0.1, -0.05) is 6.42 Å². The number of aliphatic hydroxyl groups excluding tert-OH is 6. The van der Waals surface area contributed by atoms with E-state index in [1.165, 1.54) is 12.2 Å². The van der Waals surface area contributed by atoms with E-state index < -0.39 is 151 Å². The minimum Gasteiger partial charge on any atom is -0.480 e. The number of carbonyl (C=O) groups excluding carboxylic acids is 5. The topological polar surface area (TPSA) is 454 Å². The molecule has 5 amide bonds. The highest BCUT2D eigenvalue weighted by Gasteiger charge is 2.45. The molecule has 1 saturated heterocycles. The Kier molecular flexibility index (Phi) is 25.4. The molecule has 29 nitrogen and oxygen atoms in total. The number of carbonyl (C=O) groups is 6. The van der Waals surface area contributed by atoms with E-state index in [9.17, 15) is 93.2 Å². The lowest BCUT2D eigenvalue weighted by Gasteiger charge is -2.40. The fraction of sp³-hybridized carbons (Fsp3) is 0.744. The molecule has 7 unspecified atom stereocenters. The Balaban J connectivity index is 1.57. The Bertz CT molecular complexity index is 1900. The number of carboxylic acid groups (broad SMARTS) is 1. The first-order valence-corrected chi connectivity index (χ1v) is 25.7. The Morgan fingerprint density at radius 2 is 1.36 bits per heavy atom. The van der Waals surface area contributed by atoms with Crippen LogP contribution in [0.3, 0.4) is 0 Å². The number of amides is 5. The van der Waals surface area contributed by atoms with Gasteiger partial charge >= 0.3 is 21.2 Å². The predicted molar refractivity (Wildman–Crippen MR) is 232 cm³/mol. The van der Waals surface area contributed by atoms with E-state index in [2.05, 4.69) is 16.0 Å². The summed E-state index contributed by atoms with van der Waals surface area (Å²) >= 11 is 0. The second kappa shape index (κ2) is 29.5. The summed E-state index contributed by atoms with van der Waals surface area (Å²) in [5.41, 5.74) is -0.238. The number of ether oxygens (including phenoxy) is 6. The standard InChI is InChI=1S/C39H64N4O25P2/c44-13-7-22-31(49)32(50)25(9-18-69(57,58)59)67-38(22)65-20-23(36(54)42-24(37(55)56)21-66-39-35(53)34(52)33(51)26(68-39)10-19-70(60,61)62)41-28(46)8-14-63-16-17-64-15-11-40-27(45)4-2-1-3-12-43-29(47)5-6-30(43)48/h5-6,23-26,31-35,39,44,49-53H,1-4,7-21H2,(H,40,45)(H,41,46)(H,42,54)(H,55,56)(H2,57,58,59)(H2,60,61,62)/t23-,24-,25?,26?,31?,32+,33?,34?,35?,39?/m0/s1. The molecule has 3 heterocycles. The van der Waals surface area contributed by atoms with Gasteiger partial charge < -0.3 is 99.7 Å². The molecule has 0 aliphatic carbocycles. The minimum absolute atomic E-state index is 0.0115. The molecule has 3 aliphatic rings. The summed E-state index contributed by atoms with van der Waals surface area (Å²) in [7, 11) is -9.24. The smallest absolute Gasteiger partial charge is 0.328 e. The molecule has 3 rings (SSSR count). The van der Waals surface area contributed by atoms with Crippen LogP contribution in [0.25, 0.3) is 0 Å². The van der Waals surface area contributed by atoms with Crippen LogP contribution in [0.2, 0.25) is 0 Å². The Labute approximate surface area is 400 Å². The third-order valence-electron chi connectivity index (χ3n) is 10.7. The van der Waals surface area contributed by atoms with E-state index in [4.69, 9.17) is 28.4 Å². The summed E-state index contributed by atoms with van der Waals surface area (Å²) < 4.78 is 55.6. The molecule has 14 N–H and O–H groups in total. The number of aliphatic carboxylic acids is 1. The summed E-state index contributed by atoms with van der Waals surface area (Å²) in [5, 5.41) is 79.1. The lowest BCUT2D eigenvalue weighted by Crippen LogP contribution is -2.59. The largest absolute Gasteiger partial charge is 0.480 e. The van der Waals surface area contributed by atoms with Crippen molar-refractivity contribution < 1.29 is 122 Å². The number of unbranched alkanes of at least 4 members (excludes halogenated alkanes) is 2. The van der Waals surface area contributed by atoms with Crippen LogP contribution in [-0.4, -0.2) is 228 Å². The predicted octanol–water partition coefficient (Wildman–Crippen LogP) is -5.24. The molecule has 1 fully saturated rings. The molecule has 0 spiro atoms. The van der Waals surface area contributed by atoms with E-state index in [0.29, 0.717) is 19.3 Å². The molecule has 0 aromatic carbocycles. The first-order chi connectivity index (χ1) is 32.9. The van der Waals surface area contributed by atoms with Crippen molar-refractivity contribution in [1.82, 2.24) is 20.9 Å². The molecule has 0 bridgehead atoms. The van der Waals surface area contributed by atoms with Crippen molar-refractivity contribution in [3.05, 3.63) is 23.7 Å². The maximum Gasteiger partial charge on any atom is 0.328 e. The van der Waals surface area contributed by atoms with Gasteiger partial charge in [-0.25, -0.2) is 4.79 Å². The quantitative estimate of drug-likeness (QED) is 0.0166. The third kappa shape index (κ3) is 21.0. The third-order valence-corrected chi connectivity index (χ3v) is 12.4. The molecule has 10 atom stereocenters. The molecule has 31 heteroatoms. The van der Waals surface area contributed by atoms with Crippen LogP contribution in [0, 0.1) is 0 Å². The first-order valence-electron chi connectivity index (χ1n) is 22.1. The summed E-state index contributed by atoms with van der Waals surface area (Å²) in [6, 6.07) is -3.82. The van der Waals surface area contributed by atoms with Gasteiger partial charge in [0.1, 0.15) is 49.3 Å². The van der Waals surface area contributed by atoms with E-state index >= 15 is 0 Å². The zero-order valence-corrected chi connectivity index (χ0v) is 39.6. The van der Waals surface area contributed by atoms with Crippen molar-refractivity contribution in [3.8, 4) is 0 Å². The molecule has 70 heavy (non-hydrogen) atoms. The highest BCUT2D eigenvalue weighted by molar-refractivity contribution is 7.52. The van der Waals surface area contributed by atoms with Crippen LogP contribution in [0.4, 0.5) is 0 Å². The molecular weight excluding hydrogens is 986 g/mol. The fourth-order valence-corrected chi connectivity index (χ4v) is 8.07. The minimum atomic E-state index is -4.63. The van der Waals surface area contributed by atoms with Crippen molar-refractivity contribution in [3.63, 3.8) is 0 Å². The number of rotatable bonds is 33. The van der Waals surface area contributed by atoms with E-state index in [1.54, 1.807) is 0 Å². The molecular formula is C39H64N4O25P2. The molecule has 0 aromatic rings. The van der Waals surface area contributed by atoms with Crippen molar-refractivity contribution in [2.75, 3.05) is 71.7 Å². The maximum atomic E-state index is 13.7. The normalized spacial score (nSPS) is 24.8. The van der Waals surface area contributed by atoms with Crippen LogP contribution in [-0.2, 0) is 66.3 Å². The van der Waals surface area contributed by atoms with Gasteiger partial charge in [-0.2, -0.15) is 0 Å². The Morgan fingerprint density at radius 1 is 0.729 bits per heavy atom. The van der Waals surface area contributed by atoms with Crippen LogP contribution >= 0.6 is 15.2 Å². The molecule has 0 radical (unpaired) electrons. The number of aliphatic hydroxyl groups is 6. The lowest BCUT2D eigenvalue weighted by molar-refractivity contribution is -0.297. The highest BCUT2D eigenvalue weighted by Crippen LogP contribution is 2.39. The van der Waals surface area contributed by atoms with Crippen LogP contribution in [0.5, 0.6) is 0 Å². The Morgan fingerprint density at radius 3 is 1.97 bits per heavy atom. The van der Waals surface area contributed by atoms with Crippen LogP contribution < -0.4 is 16.0 Å². The van der Waals surface area contributed by atoms with Gasteiger partial charge in [0, 0.05) is 56.7 Å². The maximum absolute atomic E-state index is 13.7. The number of hydrogen-bond acceptors (Lipinski definition) is 20. The van der Waals surface area contributed by atoms with E-state index in [1.807, 2.05) is 0 Å². The van der Waals surface area contributed by atoms with Gasteiger partial charge in [-0.05, 0) is 25.7 Å². The van der Waals surface area contributed by atoms with Gasteiger partial charge in [-0.15, -0.1) is 0 Å². The van der Waals surface area contributed by atoms with Crippen molar-refractivity contribution in [2.24, 2.45) is 0 Å². The lowest BCUT2D eigenvalue weighted by atomic mass is 9.95. The van der Waals surface area contributed by atoms with Crippen molar-refractivity contribution in [1.29, 1.82) is 0 Å². The zero-order chi connectivity index (χ0) is 52.2. The van der Waals surface area contributed by atoms with Crippen molar-refractivity contribution >= 4 is 50.7 Å². The van der Waals surface area contributed by atoms with Gasteiger partial charge in [0.05, 0.1) is 51.5 Å². The van der Waals surface area contributed by atoms with Gasteiger partial charge in [-0.3, -0.25) is 38.0 Å². The second-order valence-electron chi connectivity index (χ2n) is 16.2. The van der Waals surface area contributed by atoms with Gasteiger partial charge in [0.15, 0.2) is 12.3 Å². The SMILES string of the molecule is O=C(CCCCCN1C(=O)C=CC1=O)NCCOCCOCCC(=O)N[C@@H](COC1=C(CCO)C(O)[C@H](O)C(CCP(=O)(O)O)O1)C(=O)N[C@@H](COC1OC(CCP(=O)(O)O)C(O)C(O)C1O)C(=O)O. The van der Waals surface area contributed by atoms with Gasteiger partial charge in [0.2, 0.25) is 17.7 Å². The fourth-order valence-electron chi connectivity index (χ4n) is 6.89. The van der Waals surface area contributed by atoms with Gasteiger partial charge in [0.25, 0.3) is 17.8 Å². The second-order valence-corrected chi connectivity index (χ2v) is 19.8. The van der Waals surface area contributed by atoms with Crippen molar-refractivity contribution in [2.45, 2.75) is 112 Å². The van der Waals surface area contributed by atoms with E-state index in [-0.39, 0.29) is 75.7 Å². The summed E-state index contributed by atoms with van der Waals surface area (Å²) in [6.07, 6.45) is -13.2. The molecule has 3 aliphatic heterocycles. The molecule has 0 aromatic heterocycles. The monoisotopic (exact) mass is 1050 g/mol. The van der Waals surface area contributed by atoms with E-state index in [0.717, 1.165) is 4.90 Å². The number of nitrogens with zero attached hydrogens (tertiary/aromatic N) is 1. The van der Waals surface area contributed by atoms with Crippen LogP contribution in [0.1, 0.15) is 51.4 Å². The first kappa shape index (κ1) is 60.3. The molecule has 0 saturated carbocycles. The summed E-state index contributed by atoms with van der Waals surface area (Å²) in [5.74, 6) is -5.39. The average molecular weight is 1050 g/mol. The highest BCUT2D eigenvalue weighted by atomic mass is 31.2.